The number of anilines is 1. The molecule has 5 nitrogen and oxygen atoms in total. The number of amides is 1. The van der Waals surface area contributed by atoms with Crippen LogP contribution in [0.3, 0.4) is 0 Å². The molecule has 0 atom stereocenters. The molecule has 1 amide bonds. The number of hydrogen-bond donors (Lipinski definition) is 1. The van der Waals surface area contributed by atoms with Crippen LogP contribution in [0.25, 0.3) is 0 Å². The van der Waals surface area contributed by atoms with E-state index in [0.29, 0.717) is 34.4 Å². The molecule has 2 rings (SSSR count). The highest BCUT2D eigenvalue weighted by Crippen LogP contribution is 2.36. The smallest absolute Gasteiger partial charge is 0.255 e. The molecule has 0 bridgehead atoms. The molecule has 0 unspecified atom stereocenters. The van der Waals surface area contributed by atoms with Crippen molar-refractivity contribution in [3.8, 4) is 11.5 Å². The molecule has 2 aromatic rings. The minimum atomic E-state index is -0.262. The van der Waals surface area contributed by atoms with E-state index in [2.05, 4.69) is 5.32 Å². The van der Waals surface area contributed by atoms with Gasteiger partial charge in [0.25, 0.3) is 5.91 Å². The van der Waals surface area contributed by atoms with Crippen LogP contribution in [0.5, 0.6) is 11.5 Å². The number of halogens is 1. The summed E-state index contributed by atoms with van der Waals surface area (Å²) in [6, 6.07) is 10.4. The van der Waals surface area contributed by atoms with Crippen molar-refractivity contribution < 1.29 is 19.0 Å². The molecule has 0 aliphatic carbocycles. The summed E-state index contributed by atoms with van der Waals surface area (Å²) in [5.74, 6) is 0.679. The van der Waals surface area contributed by atoms with Gasteiger partial charge < -0.3 is 19.5 Å². The average molecular weight is 336 g/mol. The number of methoxy groups -OCH3 is 3. The fraction of sp³-hybridized carbons (Fsp3) is 0.235. The lowest BCUT2D eigenvalue weighted by Gasteiger charge is -2.13. The van der Waals surface area contributed by atoms with Gasteiger partial charge in [0.2, 0.25) is 0 Å². The second-order valence-electron chi connectivity index (χ2n) is 4.77. The fourth-order valence-corrected chi connectivity index (χ4v) is 2.36. The highest BCUT2D eigenvalue weighted by molar-refractivity contribution is 6.32. The topological polar surface area (TPSA) is 56.8 Å². The average Bonchev–Trinajstić information content (AvgIpc) is 2.55. The molecule has 122 valence electrons. The van der Waals surface area contributed by atoms with E-state index in [-0.39, 0.29) is 5.91 Å². The van der Waals surface area contributed by atoms with Gasteiger partial charge in [0.1, 0.15) is 11.5 Å². The molecule has 0 aromatic heterocycles. The van der Waals surface area contributed by atoms with Gasteiger partial charge in [-0.1, -0.05) is 23.7 Å². The Hall–Kier alpha value is -2.24. The molecule has 0 aliphatic rings. The highest BCUT2D eigenvalue weighted by Gasteiger charge is 2.14. The van der Waals surface area contributed by atoms with Crippen LogP contribution in [0.15, 0.2) is 36.4 Å². The third-order valence-electron chi connectivity index (χ3n) is 3.22. The number of carbonyl (C=O) groups is 1. The quantitative estimate of drug-likeness (QED) is 0.873. The van der Waals surface area contributed by atoms with Gasteiger partial charge >= 0.3 is 0 Å². The van der Waals surface area contributed by atoms with Crippen LogP contribution in [0.1, 0.15) is 15.9 Å². The van der Waals surface area contributed by atoms with Gasteiger partial charge in [0.15, 0.2) is 0 Å². The summed E-state index contributed by atoms with van der Waals surface area (Å²) in [6.07, 6.45) is 0. The van der Waals surface area contributed by atoms with Crippen LogP contribution in [0.2, 0.25) is 5.02 Å². The molecule has 6 heteroatoms. The van der Waals surface area contributed by atoms with Crippen LogP contribution in [0.4, 0.5) is 5.69 Å². The van der Waals surface area contributed by atoms with Gasteiger partial charge in [-0.25, -0.2) is 0 Å². The second kappa shape index (κ2) is 7.85. The number of rotatable bonds is 6. The summed E-state index contributed by atoms with van der Waals surface area (Å²) in [5, 5.41) is 3.18. The van der Waals surface area contributed by atoms with Crippen LogP contribution >= 0.6 is 11.6 Å². The molecule has 2 aromatic carbocycles. The van der Waals surface area contributed by atoms with E-state index in [1.54, 1.807) is 31.4 Å². The summed E-state index contributed by atoms with van der Waals surface area (Å²) < 4.78 is 15.5. The van der Waals surface area contributed by atoms with Crippen molar-refractivity contribution in [3.63, 3.8) is 0 Å². The van der Waals surface area contributed by atoms with Crippen molar-refractivity contribution in [1.82, 2.24) is 0 Å². The molecule has 0 heterocycles. The first-order valence-electron chi connectivity index (χ1n) is 6.89. The molecule has 0 fully saturated rings. The van der Waals surface area contributed by atoms with E-state index >= 15 is 0 Å². The maximum absolute atomic E-state index is 12.4. The SMILES string of the molecule is COCc1cccc(C(=O)Nc2cc(Cl)c(OC)cc2OC)c1. The largest absolute Gasteiger partial charge is 0.495 e. The standard InChI is InChI=1S/C17H18ClNO4/c1-21-10-11-5-4-6-12(7-11)17(20)19-14-8-13(18)15(22-2)9-16(14)23-3/h4-9H,10H2,1-3H3,(H,19,20). The van der Waals surface area contributed by atoms with E-state index < -0.39 is 0 Å². The molecule has 23 heavy (non-hydrogen) atoms. The Labute approximate surface area is 140 Å². The zero-order chi connectivity index (χ0) is 16.8. The summed E-state index contributed by atoms with van der Waals surface area (Å²) in [7, 11) is 4.63. The summed E-state index contributed by atoms with van der Waals surface area (Å²) in [5.41, 5.74) is 1.91. The lowest BCUT2D eigenvalue weighted by molar-refractivity contribution is 0.102. The van der Waals surface area contributed by atoms with Crippen molar-refractivity contribution in [2.45, 2.75) is 6.61 Å². The lowest BCUT2D eigenvalue weighted by Crippen LogP contribution is -2.13. The number of benzene rings is 2. The Morgan fingerprint density at radius 3 is 2.48 bits per heavy atom. The molecule has 0 saturated heterocycles. The summed E-state index contributed by atoms with van der Waals surface area (Å²) in [4.78, 5) is 12.4. The minimum Gasteiger partial charge on any atom is -0.495 e. The van der Waals surface area contributed by atoms with Gasteiger partial charge in [0, 0.05) is 18.7 Å². The van der Waals surface area contributed by atoms with Gasteiger partial charge in [-0.15, -0.1) is 0 Å². The summed E-state index contributed by atoms with van der Waals surface area (Å²) >= 11 is 6.11. The van der Waals surface area contributed by atoms with E-state index in [4.69, 9.17) is 25.8 Å². The van der Waals surface area contributed by atoms with E-state index in [1.165, 1.54) is 14.2 Å². The minimum absolute atomic E-state index is 0.262. The van der Waals surface area contributed by atoms with Crippen LogP contribution < -0.4 is 14.8 Å². The van der Waals surface area contributed by atoms with Crippen LogP contribution in [-0.2, 0) is 11.3 Å². The van der Waals surface area contributed by atoms with Crippen LogP contribution in [0, 0.1) is 0 Å². The molecule has 0 radical (unpaired) electrons. The zero-order valence-corrected chi connectivity index (χ0v) is 13.9. The first kappa shape index (κ1) is 17.1. The highest BCUT2D eigenvalue weighted by atomic mass is 35.5. The predicted molar refractivity (Wildman–Crippen MR) is 89.7 cm³/mol. The number of hydrogen-bond acceptors (Lipinski definition) is 4. The lowest BCUT2D eigenvalue weighted by atomic mass is 10.1. The van der Waals surface area contributed by atoms with Gasteiger partial charge in [-0.3, -0.25) is 4.79 Å². The molecular formula is C17H18ClNO4. The Morgan fingerprint density at radius 2 is 1.83 bits per heavy atom. The second-order valence-corrected chi connectivity index (χ2v) is 5.18. The maximum atomic E-state index is 12.4. The molecule has 0 spiro atoms. The van der Waals surface area contributed by atoms with Gasteiger partial charge in [0.05, 0.1) is 31.5 Å². The Kier molecular flexibility index (Phi) is 5.84. The van der Waals surface area contributed by atoms with Gasteiger partial charge in [-0.05, 0) is 23.8 Å². The van der Waals surface area contributed by atoms with E-state index in [1.807, 2.05) is 12.1 Å². The number of carbonyl (C=O) groups excluding carboxylic acids is 1. The monoisotopic (exact) mass is 335 g/mol. The van der Waals surface area contributed by atoms with Crippen molar-refractivity contribution in [3.05, 3.63) is 52.5 Å². The Morgan fingerprint density at radius 1 is 1.09 bits per heavy atom. The molecule has 0 aliphatic heterocycles. The normalized spacial score (nSPS) is 10.3. The first-order valence-corrected chi connectivity index (χ1v) is 7.27. The Bertz CT molecular complexity index is 703. The first-order chi connectivity index (χ1) is 11.1. The third-order valence-corrected chi connectivity index (χ3v) is 3.52. The van der Waals surface area contributed by atoms with Crippen molar-refractivity contribution in [1.29, 1.82) is 0 Å². The van der Waals surface area contributed by atoms with E-state index in [9.17, 15) is 4.79 Å². The maximum Gasteiger partial charge on any atom is 0.255 e. The predicted octanol–water partition coefficient (Wildman–Crippen LogP) is 3.76. The molecule has 1 N–H and O–H groups in total. The van der Waals surface area contributed by atoms with Crippen molar-refractivity contribution >= 4 is 23.2 Å². The van der Waals surface area contributed by atoms with E-state index in [0.717, 1.165) is 5.56 Å². The van der Waals surface area contributed by atoms with Crippen LogP contribution in [-0.4, -0.2) is 27.2 Å². The van der Waals surface area contributed by atoms with Crippen molar-refractivity contribution in [2.75, 3.05) is 26.6 Å². The number of nitrogens with one attached hydrogen (secondary N) is 1. The van der Waals surface area contributed by atoms with Gasteiger partial charge in [-0.2, -0.15) is 0 Å². The molecular weight excluding hydrogens is 318 g/mol. The third kappa shape index (κ3) is 4.15. The Balaban J connectivity index is 2.26. The molecule has 0 saturated carbocycles. The number of ether oxygens (including phenoxy) is 3. The zero-order valence-electron chi connectivity index (χ0n) is 13.2. The summed E-state index contributed by atoms with van der Waals surface area (Å²) in [6.45, 7) is 0.443. The van der Waals surface area contributed by atoms with Crippen molar-refractivity contribution in [2.24, 2.45) is 0 Å². The fourth-order valence-electron chi connectivity index (χ4n) is 2.12.